The van der Waals surface area contributed by atoms with E-state index in [1.807, 2.05) is 0 Å². The molecule has 1 N–H and O–H groups in total. The highest BCUT2D eigenvalue weighted by Gasteiger charge is 2.41. The van der Waals surface area contributed by atoms with Crippen molar-refractivity contribution in [1.82, 2.24) is 14.5 Å². The van der Waals surface area contributed by atoms with Gasteiger partial charge in [-0.1, -0.05) is 48.3 Å². The van der Waals surface area contributed by atoms with E-state index in [2.05, 4.69) is 5.32 Å². The molecule has 33 heavy (non-hydrogen) atoms. The molecular weight excluding hydrogens is 489 g/mol. The SMILES string of the molecule is CCC(C(=O)NC)N(Cc1ccc(Cl)cc1Cl)C(=O)CCN1C(=O)c2ccccc2S1(=O)=O. The van der Waals surface area contributed by atoms with Gasteiger partial charge in [-0.2, -0.15) is 0 Å². The number of likely N-dealkylation sites (N-methyl/N-ethyl adjacent to an activating group) is 1. The highest BCUT2D eigenvalue weighted by atomic mass is 35.5. The number of benzene rings is 2. The van der Waals surface area contributed by atoms with Crippen LogP contribution < -0.4 is 5.32 Å². The van der Waals surface area contributed by atoms with Gasteiger partial charge in [-0.25, -0.2) is 12.7 Å². The molecule has 0 spiro atoms. The van der Waals surface area contributed by atoms with E-state index in [-0.39, 0.29) is 35.9 Å². The van der Waals surface area contributed by atoms with E-state index in [9.17, 15) is 22.8 Å². The lowest BCUT2D eigenvalue weighted by molar-refractivity contribution is -0.141. The Kier molecular flexibility index (Phi) is 7.66. The third-order valence-electron chi connectivity index (χ3n) is 5.43. The molecule has 0 aliphatic carbocycles. The predicted octanol–water partition coefficient (Wildman–Crippen LogP) is 3.08. The third kappa shape index (κ3) is 5.00. The standard InChI is InChI=1S/C22H23Cl2N3O5S/c1-3-18(21(29)25-2)26(13-14-8-9-15(23)12-17(14)24)20(28)10-11-27-22(30)16-6-4-5-7-19(16)33(27,31)32/h4-9,12,18H,3,10-11,13H2,1-2H3,(H,25,29). The number of hydrogen-bond donors (Lipinski definition) is 1. The van der Waals surface area contributed by atoms with Crippen molar-refractivity contribution in [2.24, 2.45) is 0 Å². The van der Waals surface area contributed by atoms with E-state index >= 15 is 0 Å². The van der Waals surface area contributed by atoms with Crippen molar-refractivity contribution >= 4 is 50.9 Å². The maximum atomic E-state index is 13.2. The molecule has 11 heteroatoms. The van der Waals surface area contributed by atoms with Gasteiger partial charge in [0.25, 0.3) is 15.9 Å². The van der Waals surface area contributed by atoms with E-state index in [4.69, 9.17) is 23.2 Å². The zero-order valence-electron chi connectivity index (χ0n) is 18.0. The highest BCUT2D eigenvalue weighted by molar-refractivity contribution is 7.90. The number of hydrogen-bond acceptors (Lipinski definition) is 5. The lowest BCUT2D eigenvalue weighted by Gasteiger charge is -2.31. The second kappa shape index (κ2) is 10.1. The van der Waals surface area contributed by atoms with Crippen LogP contribution in [0, 0.1) is 0 Å². The number of nitrogens with zero attached hydrogens (tertiary/aromatic N) is 2. The molecule has 0 aromatic heterocycles. The fourth-order valence-electron chi connectivity index (χ4n) is 3.71. The van der Waals surface area contributed by atoms with Crippen molar-refractivity contribution in [2.75, 3.05) is 13.6 Å². The molecule has 2 aromatic carbocycles. The number of carbonyl (C=O) groups excluding carboxylic acids is 3. The number of amides is 3. The topological polar surface area (TPSA) is 104 Å². The average molecular weight is 512 g/mol. The summed E-state index contributed by atoms with van der Waals surface area (Å²) in [5.74, 6) is -1.53. The van der Waals surface area contributed by atoms with Crippen molar-refractivity contribution in [1.29, 1.82) is 0 Å². The van der Waals surface area contributed by atoms with Gasteiger partial charge in [0.05, 0.1) is 5.56 Å². The molecule has 0 saturated heterocycles. The van der Waals surface area contributed by atoms with Gasteiger partial charge in [0.1, 0.15) is 10.9 Å². The first kappa shape index (κ1) is 25.0. The van der Waals surface area contributed by atoms with Gasteiger partial charge >= 0.3 is 0 Å². The van der Waals surface area contributed by atoms with Crippen molar-refractivity contribution in [2.45, 2.75) is 37.2 Å². The fourth-order valence-corrected chi connectivity index (χ4v) is 5.75. The van der Waals surface area contributed by atoms with Gasteiger partial charge in [-0.3, -0.25) is 14.4 Å². The summed E-state index contributed by atoms with van der Waals surface area (Å²) in [5, 5.41) is 3.30. The minimum atomic E-state index is -4.04. The maximum absolute atomic E-state index is 13.2. The van der Waals surface area contributed by atoms with Crippen molar-refractivity contribution in [3.8, 4) is 0 Å². The first-order valence-electron chi connectivity index (χ1n) is 10.2. The van der Waals surface area contributed by atoms with Crippen LogP contribution >= 0.6 is 23.2 Å². The maximum Gasteiger partial charge on any atom is 0.269 e. The molecule has 0 saturated carbocycles. The summed E-state index contributed by atoms with van der Waals surface area (Å²) in [6.45, 7) is 1.43. The minimum Gasteiger partial charge on any atom is -0.357 e. The molecule has 0 radical (unpaired) electrons. The van der Waals surface area contributed by atoms with E-state index in [1.54, 1.807) is 25.1 Å². The normalized spacial score (nSPS) is 15.2. The molecule has 1 aliphatic heterocycles. The van der Waals surface area contributed by atoms with Crippen molar-refractivity contribution < 1.29 is 22.8 Å². The van der Waals surface area contributed by atoms with Crippen LogP contribution in [0.4, 0.5) is 0 Å². The summed E-state index contributed by atoms with van der Waals surface area (Å²) >= 11 is 12.2. The zero-order chi connectivity index (χ0) is 24.3. The Hall–Kier alpha value is -2.62. The molecule has 1 unspecified atom stereocenters. The lowest BCUT2D eigenvalue weighted by atomic mass is 10.1. The van der Waals surface area contributed by atoms with Crippen LogP contribution in [0.25, 0.3) is 0 Å². The number of rotatable bonds is 8. The summed E-state index contributed by atoms with van der Waals surface area (Å²) < 4.78 is 26.2. The average Bonchev–Trinajstić information content (AvgIpc) is 2.98. The smallest absolute Gasteiger partial charge is 0.269 e. The fraction of sp³-hybridized carbons (Fsp3) is 0.318. The summed E-state index contributed by atoms with van der Waals surface area (Å²) in [7, 11) is -2.57. The second-order valence-corrected chi connectivity index (χ2v) is 10.1. The Morgan fingerprint density at radius 2 is 1.85 bits per heavy atom. The van der Waals surface area contributed by atoms with Crippen LogP contribution in [0.15, 0.2) is 47.4 Å². The zero-order valence-corrected chi connectivity index (χ0v) is 20.4. The number of nitrogens with one attached hydrogen (secondary N) is 1. The molecule has 1 aliphatic rings. The molecular formula is C22H23Cl2N3O5S. The van der Waals surface area contributed by atoms with Gasteiger partial charge in [0.15, 0.2) is 0 Å². The van der Waals surface area contributed by atoms with Gasteiger partial charge in [-0.15, -0.1) is 0 Å². The molecule has 0 bridgehead atoms. The van der Waals surface area contributed by atoms with E-state index in [1.165, 1.54) is 36.2 Å². The molecule has 3 amide bonds. The quantitative estimate of drug-likeness (QED) is 0.586. The largest absolute Gasteiger partial charge is 0.357 e. The van der Waals surface area contributed by atoms with E-state index in [0.29, 0.717) is 26.3 Å². The Morgan fingerprint density at radius 3 is 2.45 bits per heavy atom. The Balaban J connectivity index is 1.84. The van der Waals surface area contributed by atoms with Crippen LogP contribution in [0.5, 0.6) is 0 Å². The molecule has 1 heterocycles. The van der Waals surface area contributed by atoms with E-state index in [0.717, 1.165) is 0 Å². The van der Waals surface area contributed by atoms with Crippen LogP contribution in [-0.4, -0.2) is 55.0 Å². The predicted molar refractivity (Wildman–Crippen MR) is 124 cm³/mol. The molecule has 8 nitrogen and oxygen atoms in total. The van der Waals surface area contributed by atoms with Gasteiger partial charge in [0.2, 0.25) is 11.8 Å². The number of fused-ring (bicyclic) bond motifs is 1. The summed E-state index contributed by atoms with van der Waals surface area (Å²) in [4.78, 5) is 39.6. The van der Waals surface area contributed by atoms with Crippen LogP contribution in [0.1, 0.15) is 35.7 Å². The first-order valence-corrected chi connectivity index (χ1v) is 12.4. The second-order valence-electron chi connectivity index (χ2n) is 7.42. The van der Waals surface area contributed by atoms with Crippen LogP contribution in [0.3, 0.4) is 0 Å². The Labute approximate surface area is 202 Å². The number of sulfonamides is 1. The summed E-state index contributed by atoms with van der Waals surface area (Å²) in [6, 6.07) is 9.92. The summed E-state index contributed by atoms with van der Waals surface area (Å²) in [5.41, 5.74) is 0.653. The van der Waals surface area contributed by atoms with Gasteiger partial charge in [-0.05, 0) is 36.2 Å². The molecule has 176 valence electrons. The van der Waals surface area contributed by atoms with Crippen molar-refractivity contribution in [3.63, 3.8) is 0 Å². The number of halogens is 2. The molecule has 0 fully saturated rings. The van der Waals surface area contributed by atoms with Crippen molar-refractivity contribution in [3.05, 3.63) is 63.6 Å². The van der Waals surface area contributed by atoms with Gasteiger partial charge in [0, 0.05) is 36.6 Å². The lowest BCUT2D eigenvalue weighted by Crippen LogP contribution is -2.49. The van der Waals surface area contributed by atoms with Gasteiger partial charge < -0.3 is 10.2 Å². The van der Waals surface area contributed by atoms with Crippen LogP contribution in [-0.2, 0) is 26.2 Å². The Bertz CT molecular complexity index is 1200. The summed E-state index contributed by atoms with van der Waals surface area (Å²) in [6.07, 6.45) is 0.0284. The first-order chi connectivity index (χ1) is 15.6. The highest BCUT2D eigenvalue weighted by Crippen LogP contribution is 2.30. The minimum absolute atomic E-state index is 0.0156. The van der Waals surface area contributed by atoms with Crippen LogP contribution in [0.2, 0.25) is 10.0 Å². The number of carbonyl (C=O) groups is 3. The van der Waals surface area contributed by atoms with E-state index < -0.39 is 27.9 Å². The molecule has 1 atom stereocenters. The molecule has 3 rings (SSSR count). The molecule has 2 aromatic rings. The Morgan fingerprint density at radius 1 is 1.15 bits per heavy atom. The third-order valence-corrected chi connectivity index (χ3v) is 7.86. The monoisotopic (exact) mass is 511 g/mol.